The van der Waals surface area contributed by atoms with Gasteiger partial charge in [-0.2, -0.15) is 0 Å². The number of hydrazine groups is 1. The fraction of sp³-hybridized carbons (Fsp3) is 0.200. The Kier molecular flexibility index (Phi) is 7.83. The predicted molar refractivity (Wildman–Crippen MR) is 105 cm³/mol. The van der Waals surface area contributed by atoms with Gasteiger partial charge < -0.3 is 9.47 Å². The lowest BCUT2D eigenvalue weighted by molar-refractivity contribution is -0.117. The molecule has 0 aliphatic heterocycles. The number of amides is 2. The van der Waals surface area contributed by atoms with Crippen molar-refractivity contribution in [3.05, 3.63) is 64.4 Å². The first-order valence-corrected chi connectivity index (χ1v) is 8.87. The van der Waals surface area contributed by atoms with Crippen LogP contribution in [0.25, 0.3) is 6.08 Å². The van der Waals surface area contributed by atoms with Crippen LogP contribution >= 0.6 is 11.6 Å². The van der Waals surface area contributed by atoms with Crippen molar-refractivity contribution in [3.63, 3.8) is 0 Å². The molecule has 0 bridgehead atoms. The minimum atomic E-state index is -0.650. The summed E-state index contributed by atoms with van der Waals surface area (Å²) in [6.45, 7) is 2.50. The Hall–Kier alpha value is -3.06. The van der Waals surface area contributed by atoms with E-state index >= 15 is 0 Å². The number of carbonyl (C=O) groups excluding carboxylic acids is 2. The Balaban J connectivity index is 1.97. The molecule has 0 atom stereocenters. The van der Waals surface area contributed by atoms with E-state index in [0.29, 0.717) is 18.1 Å². The molecule has 0 saturated heterocycles. The number of methoxy groups -OCH3 is 1. The highest BCUT2D eigenvalue weighted by atomic mass is 35.5. The minimum Gasteiger partial charge on any atom is -0.493 e. The summed E-state index contributed by atoms with van der Waals surface area (Å²) < 4.78 is 24.4. The topological polar surface area (TPSA) is 76.7 Å². The summed E-state index contributed by atoms with van der Waals surface area (Å²) in [6, 6.07) is 8.86. The highest BCUT2D eigenvalue weighted by molar-refractivity contribution is 6.32. The molecule has 0 unspecified atom stereocenters. The molecule has 0 fully saturated rings. The van der Waals surface area contributed by atoms with E-state index in [1.807, 2.05) is 6.92 Å². The summed E-state index contributed by atoms with van der Waals surface area (Å²) in [5.41, 5.74) is 4.83. The number of halogens is 2. The molecule has 28 heavy (non-hydrogen) atoms. The molecule has 8 heteroatoms. The molecule has 2 N–H and O–H groups in total. The van der Waals surface area contributed by atoms with Gasteiger partial charge in [-0.3, -0.25) is 20.4 Å². The molecular weight excluding hydrogens is 387 g/mol. The molecule has 148 valence electrons. The Morgan fingerprint density at radius 1 is 1.18 bits per heavy atom. The SMILES string of the molecule is CCCOc1ccc(C(=O)NNC(=O)/C=C/c2c(F)cccc2Cl)cc1OC. The quantitative estimate of drug-likeness (QED) is 0.542. The van der Waals surface area contributed by atoms with Gasteiger partial charge in [0.05, 0.1) is 18.7 Å². The first-order chi connectivity index (χ1) is 13.5. The molecule has 6 nitrogen and oxygen atoms in total. The second kappa shape index (κ2) is 10.3. The van der Waals surface area contributed by atoms with Crippen molar-refractivity contribution in [2.75, 3.05) is 13.7 Å². The van der Waals surface area contributed by atoms with E-state index in [2.05, 4.69) is 10.9 Å². The number of rotatable bonds is 7. The van der Waals surface area contributed by atoms with Gasteiger partial charge in [-0.25, -0.2) is 4.39 Å². The molecular formula is C20H20ClFN2O4. The molecule has 0 spiro atoms. The van der Waals surface area contributed by atoms with Crippen LogP contribution in [0.3, 0.4) is 0 Å². The average molecular weight is 407 g/mol. The molecule has 2 aromatic rings. The average Bonchev–Trinajstić information content (AvgIpc) is 2.69. The number of carbonyl (C=O) groups is 2. The zero-order valence-corrected chi connectivity index (χ0v) is 16.2. The van der Waals surface area contributed by atoms with Gasteiger partial charge in [0, 0.05) is 17.2 Å². The van der Waals surface area contributed by atoms with Crippen molar-refractivity contribution in [2.24, 2.45) is 0 Å². The van der Waals surface area contributed by atoms with Crippen LogP contribution in [0.5, 0.6) is 11.5 Å². The van der Waals surface area contributed by atoms with E-state index in [-0.39, 0.29) is 16.1 Å². The van der Waals surface area contributed by atoms with E-state index in [1.165, 1.54) is 37.5 Å². The van der Waals surface area contributed by atoms with Crippen molar-refractivity contribution >= 4 is 29.5 Å². The number of nitrogens with one attached hydrogen (secondary N) is 2. The minimum absolute atomic E-state index is 0.0815. The fourth-order valence-corrected chi connectivity index (χ4v) is 2.43. The van der Waals surface area contributed by atoms with Crippen molar-refractivity contribution in [3.8, 4) is 11.5 Å². The van der Waals surface area contributed by atoms with Gasteiger partial charge in [-0.1, -0.05) is 24.6 Å². The van der Waals surface area contributed by atoms with Crippen LogP contribution in [-0.4, -0.2) is 25.5 Å². The van der Waals surface area contributed by atoms with E-state index in [9.17, 15) is 14.0 Å². The molecule has 2 aromatic carbocycles. The highest BCUT2D eigenvalue weighted by Gasteiger charge is 2.12. The van der Waals surface area contributed by atoms with Crippen LogP contribution in [0.4, 0.5) is 4.39 Å². The van der Waals surface area contributed by atoms with E-state index in [0.717, 1.165) is 12.5 Å². The smallest absolute Gasteiger partial charge is 0.269 e. The van der Waals surface area contributed by atoms with Crippen molar-refractivity contribution < 1.29 is 23.5 Å². The van der Waals surface area contributed by atoms with E-state index in [1.54, 1.807) is 12.1 Å². The monoisotopic (exact) mass is 406 g/mol. The van der Waals surface area contributed by atoms with Crippen LogP contribution in [0.1, 0.15) is 29.3 Å². The van der Waals surface area contributed by atoms with E-state index < -0.39 is 17.6 Å². The summed E-state index contributed by atoms with van der Waals surface area (Å²) in [5.74, 6) is -0.831. The zero-order chi connectivity index (χ0) is 20.5. The Bertz CT molecular complexity index is 866. The van der Waals surface area contributed by atoms with Gasteiger partial charge in [0.1, 0.15) is 5.82 Å². The predicted octanol–water partition coefficient (Wildman–Crippen LogP) is 3.75. The van der Waals surface area contributed by atoms with Crippen LogP contribution in [0.2, 0.25) is 5.02 Å². The summed E-state index contributed by atoms with van der Waals surface area (Å²) in [7, 11) is 1.47. The van der Waals surface area contributed by atoms with Crippen molar-refractivity contribution in [1.29, 1.82) is 0 Å². The van der Waals surface area contributed by atoms with Crippen LogP contribution < -0.4 is 20.3 Å². The maximum atomic E-state index is 13.7. The van der Waals surface area contributed by atoms with Gasteiger partial charge in [0.15, 0.2) is 11.5 Å². The van der Waals surface area contributed by atoms with Crippen LogP contribution in [-0.2, 0) is 4.79 Å². The van der Waals surface area contributed by atoms with E-state index in [4.69, 9.17) is 21.1 Å². The molecule has 0 aliphatic rings. The molecule has 0 radical (unpaired) electrons. The molecule has 0 aliphatic carbocycles. The fourth-order valence-electron chi connectivity index (χ4n) is 2.20. The highest BCUT2D eigenvalue weighted by Crippen LogP contribution is 2.28. The Labute approximate surface area is 167 Å². The molecule has 2 amide bonds. The molecule has 2 rings (SSSR count). The number of ether oxygens (including phenoxy) is 2. The maximum Gasteiger partial charge on any atom is 0.269 e. The van der Waals surface area contributed by atoms with Gasteiger partial charge in [-0.05, 0) is 42.8 Å². The third kappa shape index (κ3) is 5.72. The second-order valence-electron chi connectivity index (χ2n) is 5.63. The van der Waals surface area contributed by atoms with Crippen molar-refractivity contribution in [2.45, 2.75) is 13.3 Å². The van der Waals surface area contributed by atoms with Crippen molar-refractivity contribution in [1.82, 2.24) is 10.9 Å². The maximum absolute atomic E-state index is 13.7. The summed E-state index contributed by atoms with van der Waals surface area (Å²) >= 11 is 5.88. The lowest BCUT2D eigenvalue weighted by atomic mass is 10.2. The first-order valence-electron chi connectivity index (χ1n) is 8.49. The normalized spacial score (nSPS) is 10.6. The lowest BCUT2D eigenvalue weighted by Crippen LogP contribution is -2.40. The molecule has 0 saturated carbocycles. The Morgan fingerprint density at radius 3 is 2.64 bits per heavy atom. The van der Waals surface area contributed by atoms with Gasteiger partial charge in [-0.15, -0.1) is 0 Å². The third-order valence-electron chi connectivity index (χ3n) is 3.59. The summed E-state index contributed by atoms with van der Waals surface area (Å²) in [4.78, 5) is 24.0. The Morgan fingerprint density at radius 2 is 1.96 bits per heavy atom. The molecule has 0 heterocycles. The number of hydrogen-bond acceptors (Lipinski definition) is 4. The van der Waals surface area contributed by atoms with Crippen LogP contribution in [0.15, 0.2) is 42.5 Å². The third-order valence-corrected chi connectivity index (χ3v) is 3.92. The molecule has 0 aromatic heterocycles. The van der Waals surface area contributed by atoms with Crippen LogP contribution in [0, 0.1) is 5.82 Å². The second-order valence-corrected chi connectivity index (χ2v) is 6.03. The van der Waals surface area contributed by atoms with Gasteiger partial charge >= 0.3 is 0 Å². The largest absolute Gasteiger partial charge is 0.493 e. The number of benzene rings is 2. The summed E-state index contributed by atoms with van der Waals surface area (Å²) in [5, 5.41) is 0.172. The lowest BCUT2D eigenvalue weighted by Gasteiger charge is -2.12. The van der Waals surface area contributed by atoms with Gasteiger partial charge in [0.2, 0.25) is 0 Å². The number of hydrogen-bond donors (Lipinski definition) is 2. The standard InChI is InChI=1S/C20H20ClFN2O4/c1-3-11-28-17-9-7-13(12-18(17)27-2)20(26)24-23-19(25)10-8-14-15(21)5-4-6-16(14)22/h4-10,12H,3,11H2,1-2H3,(H,23,25)(H,24,26)/b10-8+. The van der Waals surface area contributed by atoms with Gasteiger partial charge in [0.25, 0.3) is 11.8 Å². The zero-order valence-electron chi connectivity index (χ0n) is 15.4. The first kappa shape index (κ1) is 21.2. The summed E-state index contributed by atoms with van der Waals surface area (Å²) in [6.07, 6.45) is 3.12.